The SMILES string of the molecule is O=[N+]([O-])c1ccc(NCC2CCCCC2N(Cc2ccccc2)Cc2ccccc2)cc1. The van der Waals surface area contributed by atoms with E-state index < -0.39 is 0 Å². The third kappa shape index (κ3) is 5.95. The third-order valence-corrected chi connectivity index (χ3v) is 6.44. The van der Waals surface area contributed by atoms with Crippen LogP contribution in [0.15, 0.2) is 84.9 Å². The van der Waals surface area contributed by atoms with Gasteiger partial charge in [-0.3, -0.25) is 15.0 Å². The monoisotopic (exact) mass is 429 g/mol. The van der Waals surface area contributed by atoms with Crippen LogP contribution in [0.3, 0.4) is 0 Å². The average molecular weight is 430 g/mol. The lowest BCUT2D eigenvalue weighted by atomic mass is 9.83. The highest BCUT2D eigenvalue weighted by atomic mass is 16.6. The summed E-state index contributed by atoms with van der Waals surface area (Å²) in [5.74, 6) is 0.534. The van der Waals surface area contributed by atoms with Gasteiger partial charge in [0, 0.05) is 43.5 Å². The van der Waals surface area contributed by atoms with Crippen molar-refractivity contribution in [2.45, 2.75) is 44.8 Å². The maximum atomic E-state index is 10.9. The molecule has 166 valence electrons. The van der Waals surface area contributed by atoms with Crippen LogP contribution in [0.5, 0.6) is 0 Å². The molecule has 3 aromatic rings. The van der Waals surface area contributed by atoms with Crippen LogP contribution >= 0.6 is 0 Å². The summed E-state index contributed by atoms with van der Waals surface area (Å²) >= 11 is 0. The zero-order valence-corrected chi connectivity index (χ0v) is 18.4. The molecule has 0 spiro atoms. The van der Waals surface area contributed by atoms with Gasteiger partial charge in [-0.05, 0) is 42.0 Å². The van der Waals surface area contributed by atoms with Gasteiger partial charge < -0.3 is 5.32 Å². The minimum Gasteiger partial charge on any atom is -0.385 e. The highest BCUT2D eigenvalue weighted by Gasteiger charge is 2.30. The Morgan fingerprint density at radius 2 is 1.38 bits per heavy atom. The molecule has 1 fully saturated rings. The predicted octanol–water partition coefficient (Wildman–Crippen LogP) is 6.27. The number of anilines is 1. The number of nitro groups is 1. The summed E-state index contributed by atoms with van der Waals surface area (Å²) in [6, 6.07) is 28.7. The van der Waals surface area contributed by atoms with E-state index in [1.165, 1.54) is 36.8 Å². The first-order chi connectivity index (χ1) is 15.7. The molecule has 0 aliphatic heterocycles. The van der Waals surface area contributed by atoms with E-state index in [-0.39, 0.29) is 10.6 Å². The summed E-state index contributed by atoms with van der Waals surface area (Å²) < 4.78 is 0. The molecule has 1 aliphatic rings. The maximum Gasteiger partial charge on any atom is 0.269 e. The molecular formula is C27H31N3O2. The first-order valence-corrected chi connectivity index (χ1v) is 11.5. The molecule has 2 atom stereocenters. The highest BCUT2D eigenvalue weighted by Crippen LogP contribution is 2.31. The van der Waals surface area contributed by atoms with Crippen LogP contribution in [-0.2, 0) is 13.1 Å². The molecule has 3 aromatic carbocycles. The standard InChI is InChI=1S/C27H31N3O2/c31-30(32)26-17-15-25(16-18-26)28-19-24-13-7-8-14-27(24)29(20-22-9-3-1-4-10-22)21-23-11-5-2-6-12-23/h1-6,9-12,15-18,24,27-28H,7-8,13-14,19-21H2. The van der Waals surface area contributed by atoms with Crippen LogP contribution in [0.25, 0.3) is 0 Å². The Bertz CT molecular complexity index is 935. The van der Waals surface area contributed by atoms with Gasteiger partial charge in [0.25, 0.3) is 5.69 Å². The van der Waals surface area contributed by atoms with Crippen LogP contribution in [-0.4, -0.2) is 22.4 Å². The second kappa shape index (κ2) is 10.9. The summed E-state index contributed by atoms with van der Waals surface area (Å²) in [5.41, 5.74) is 3.76. The summed E-state index contributed by atoms with van der Waals surface area (Å²) in [5, 5.41) is 14.5. The molecule has 4 rings (SSSR count). The number of nitro benzene ring substituents is 1. The molecule has 5 nitrogen and oxygen atoms in total. The Morgan fingerprint density at radius 1 is 0.812 bits per heavy atom. The number of hydrogen-bond donors (Lipinski definition) is 1. The van der Waals surface area contributed by atoms with E-state index in [0.717, 1.165) is 25.3 Å². The molecule has 0 aromatic heterocycles. The van der Waals surface area contributed by atoms with Crippen molar-refractivity contribution in [2.24, 2.45) is 5.92 Å². The fourth-order valence-electron chi connectivity index (χ4n) is 4.78. The molecule has 32 heavy (non-hydrogen) atoms. The number of nitrogens with zero attached hydrogens (tertiary/aromatic N) is 2. The van der Waals surface area contributed by atoms with Gasteiger partial charge in [-0.2, -0.15) is 0 Å². The number of benzene rings is 3. The predicted molar refractivity (Wildman–Crippen MR) is 129 cm³/mol. The molecule has 0 saturated heterocycles. The van der Waals surface area contributed by atoms with Gasteiger partial charge in [0.2, 0.25) is 0 Å². The second-order valence-corrected chi connectivity index (χ2v) is 8.67. The Hall–Kier alpha value is -3.18. The molecule has 5 heteroatoms. The van der Waals surface area contributed by atoms with Gasteiger partial charge >= 0.3 is 0 Å². The van der Waals surface area contributed by atoms with Crippen LogP contribution in [0.4, 0.5) is 11.4 Å². The Morgan fingerprint density at radius 3 is 1.94 bits per heavy atom. The molecule has 0 amide bonds. The van der Waals surface area contributed by atoms with Crippen molar-refractivity contribution in [3.63, 3.8) is 0 Å². The third-order valence-electron chi connectivity index (χ3n) is 6.44. The average Bonchev–Trinajstić information content (AvgIpc) is 2.84. The lowest BCUT2D eigenvalue weighted by Crippen LogP contribution is -2.44. The Labute approximate surface area is 190 Å². The molecule has 2 unspecified atom stereocenters. The molecule has 1 saturated carbocycles. The van der Waals surface area contributed by atoms with E-state index in [4.69, 9.17) is 0 Å². The van der Waals surface area contributed by atoms with Crippen LogP contribution < -0.4 is 5.32 Å². The van der Waals surface area contributed by atoms with Crippen molar-refractivity contribution in [1.82, 2.24) is 4.90 Å². The second-order valence-electron chi connectivity index (χ2n) is 8.67. The smallest absolute Gasteiger partial charge is 0.269 e. The Balaban J connectivity index is 1.48. The van der Waals surface area contributed by atoms with Crippen molar-refractivity contribution in [3.05, 3.63) is 106 Å². The normalized spacial score (nSPS) is 18.4. The molecule has 0 heterocycles. The van der Waals surface area contributed by atoms with Gasteiger partial charge in [0.15, 0.2) is 0 Å². The largest absolute Gasteiger partial charge is 0.385 e. The minimum absolute atomic E-state index is 0.128. The zero-order valence-electron chi connectivity index (χ0n) is 18.4. The lowest BCUT2D eigenvalue weighted by molar-refractivity contribution is -0.384. The van der Waals surface area contributed by atoms with E-state index in [1.807, 2.05) is 12.1 Å². The highest BCUT2D eigenvalue weighted by molar-refractivity contribution is 5.48. The van der Waals surface area contributed by atoms with Crippen LogP contribution in [0, 0.1) is 16.0 Å². The van der Waals surface area contributed by atoms with E-state index in [1.54, 1.807) is 12.1 Å². The molecule has 0 bridgehead atoms. The van der Waals surface area contributed by atoms with Crippen LogP contribution in [0.2, 0.25) is 0 Å². The van der Waals surface area contributed by atoms with Gasteiger partial charge in [0.05, 0.1) is 4.92 Å². The summed E-state index contributed by atoms with van der Waals surface area (Å²) in [7, 11) is 0. The van der Waals surface area contributed by atoms with Crippen molar-refractivity contribution in [1.29, 1.82) is 0 Å². The van der Waals surface area contributed by atoms with Gasteiger partial charge in [-0.1, -0.05) is 73.5 Å². The van der Waals surface area contributed by atoms with Gasteiger partial charge in [-0.25, -0.2) is 0 Å². The summed E-state index contributed by atoms with van der Waals surface area (Å²) in [4.78, 5) is 13.2. The zero-order chi connectivity index (χ0) is 22.2. The van der Waals surface area contributed by atoms with Crippen molar-refractivity contribution in [2.75, 3.05) is 11.9 Å². The number of rotatable bonds is 9. The summed E-state index contributed by atoms with van der Waals surface area (Å²) in [6.07, 6.45) is 4.92. The van der Waals surface area contributed by atoms with Crippen molar-refractivity contribution < 1.29 is 4.92 Å². The molecule has 1 N–H and O–H groups in total. The minimum atomic E-state index is -0.355. The van der Waals surface area contributed by atoms with Gasteiger partial charge in [-0.15, -0.1) is 0 Å². The fourth-order valence-corrected chi connectivity index (χ4v) is 4.78. The van der Waals surface area contributed by atoms with E-state index >= 15 is 0 Å². The quantitative estimate of drug-likeness (QED) is 0.322. The summed E-state index contributed by atoms with van der Waals surface area (Å²) in [6.45, 7) is 2.76. The first kappa shape index (κ1) is 22.0. The van der Waals surface area contributed by atoms with E-state index in [0.29, 0.717) is 12.0 Å². The first-order valence-electron chi connectivity index (χ1n) is 11.5. The topological polar surface area (TPSA) is 58.4 Å². The van der Waals surface area contributed by atoms with Crippen LogP contribution in [0.1, 0.15) is 36.8 Å². The van der Waals surface area contributed by atoms with E-state index in [2.05, 4.69) is 70.9 Å². The number of hydrogen-bond acceptors (Lipinski definition) is 4. The van der Waals surface area contributed by atoms with E-state index in [9.17, 15) is 10.1 Å². The van der Waals surface area contributed by atoms with Crippen molar-refractivity contribution >= 4 is 11.4 Å². The fraction of sp³-hybridized carbons (Fsp3) is 0.333. The molecular weight excluding hydrogens is 398 g/mol. The number of non-ortho nitro benzene ring substituents is 1. The van der Waals surface area contributed by atoms with Gasteiger partial charge in [0.1, 0.15) is 0 Å². The Kier molecular flexibility index (Phi) is 7.51. The maximum absolute atomic E-state index is 10.9. The lowest BCUT2D eigenvalue weighted by Gasteiger charge is -2.40. The van der Waals surface area contributed by atoms with Crippen molar-refractivity contribution in [3.8, 4) is 0 Å². The molecule has 1 aliphatic carbocycles. The number of nitrogens with one attached hydrogen (secondary N) is 1. The molecule has 0 radical (unpaired) electrons.